The third-order valence-corrected chi connectivity index (χ3v) is 5.91. The SMILES string of the molecule is CC(C)c1ccc([C@]2(C)NC(=O)N(CC(=O)N3CCc4ccccc43)C2=O)cc1. The van der Waals surface area contributed by atoms with E-state index in [2.05, 4.69) is 19.2 Å². The zero-order chi connectivity index (χ0) is 20.8. The number of imide groups is 1. The molecular weight excluding hydrogens is 366 g/mol. The van der Waals surface area contributed by atoms with Crippen molar-refractivity contribution in [2.45, 2.75) is 38.6 Å². The first-order chi connectivity index (χ1) is 13.8. The lowest BCUT2D eigenvalue weighted by Crippen LogP contribution is -2.44. The van der Waals surface area contributed by atoms with E-state index in [1.54, 1.807) is 11.8 Å². The maximum Gasteiger partial charge on any atom is 0.325 e. The van der Waals surface area contributed by atoms with Crippen molar-refractivity contribution in [3.05, 3.63) is 65.2 Å². The third kappa shape index (κ3) is 3.18. The normalized spacial score (nSPS) is 21.0. The monoisotopic (exact) mass is 391 g/mol. The molecule has 0 aliphatic carbocycles. The van der Waals surface area contributed by atoms with Crippen molar-refractivity contribution in [3.63, 3.8) is 0 Å². The van der Waals surface area contributed by atoms with Gasteiger partial charge in [0.05, 0.1) is 0 Å². The summed E-state index contributed by atoms with van der Waals surface area (Å²) in [5.74, 6) is -0.276. The maximum absolute atomic E-state index is 13.1. The molecule has 0 spiro atoms. The minimum absolute atomic E-state index is 0.252. The second-order valence-corrected chi connectivity index (χ2v) is 8.15. The van der Waals surface area contributed by atoms with Crippen molar-refractivity contribution in [1.29, 1.82) is 0 Å². The fourth-order valence-electron chi connectivity index (χ4n) is 4.06. The van der Waals surface area contributed by atoms with Crippen molar-refractivity contribution >= 4 is 23.5 Å². The summed E-state index contributed by atoms with van der Waals surface area (Å²) in [6.07, 6.45) is 0.780. The van der Waals surface area contributed by atoms with Crippen LogP contribution in [0.5, 0.6) is 0 Å². The molecule has 4 rings (SSSR count). The Bertz CT molecular complexity index is 983. The van der Waals surface area contributed by atoms with Crippen LogP contribution < -0.4 is 10.2 Å². The lowest BCUT2D eigenvalue weighted by atomic mass is 9.90. The molecule has 2 aliphatic heterocycles. The fourth-order valence-corrected chi connectivity index (χ4v) is 4.06. The molecule has 29 heavy (non-hydrogen) atoms. The van der Waals surface area contributed by atoms with E-state index < -0.39 is 17.5 Å². The lowest BCUT2D eigenvalue weighted by Gasteiger charge is -2.24. The summed E-state index contributed by atoms with van der Waals surface area (Å²) in [6.45, 7) is 6.19. The van der Waals surface area contributed by atoms with E-state index in [1.807, 2.05) is 48.5 Å². The molecule has 0 radical (unpaired) electrons. The van der Waals surface area contributed by atoms with Gasteiger partial charge in [0.2, 0.25) is 5.91 Å². The number of fused-ring (bicyclic) bond motifs is 1. The highest BCUT2D eigenvalue weighted by Gasteiger charge is 2.49. The predicted octanol–water partition coefficient (Wildman–Crippen LogP) is 3.17. The van der Waals surface area contributed by atoms with Crippen molar-refractivity contribution in [2.75, 3.05) is 18.0 Å². The first kappa shape index (κ1) is 19.2. The van der Waals surface area contributed by atoms with Gasteiger partial charge in [-0.25, -0.2) is 4.79 Å². The highest BCUT2D eigenvalue weighted by molar-refractivity contribution is 6.10. The topological polar surface area (TPSA) is 69.7 Å². The molecule has 2 aliphatic rings. The fraction of sp³-hybridized carbons (Fsp3) is 0.348. The number of rotatable bonds is 4. The van der Waals surface area contributed by atoms with Crippen molar-refractivity contribution in [1.82, 2.24) is 10.2 Å². The molecule has 4 amide bonds. The molecule has 150 valence electrons. The minimum Gasteiger partial charge on any atom is -0.319 e. The van der Waals surface area contributed by atoms with Crippen LogP contribution in [0, 0.1) is 0 Å². The van der Waals surface area contributed by atoms with Gasteiger partial charge in [-0.1, -0.05) is 56.3 Å². The number of nitrogens with zero attached hydrogens (tertiary/aromatic N) is 2. The average molecular weight is 391 g/mol. The summed E-state index contributed by atoms with van der Waals surface area (Å²) in [7, 11) is 0. The molecule has 2 aromatic carbocycles. The van der Waals surface area contributed by atoms with Gasteiger partial charge in [-0.2, -0.15) is 0 Å². The van der Waals surface area contributed by atoms with Gasteiger partial charge in [0.15, 0.2) is 0 Å². The zero-order valence-corrected chi connectivity index (χ0v) is 16.9. The van der Waals surface area contributed by atoms with E-state index in [9.17, 15) is 14.4 Å². The second-order valence-electron chi connectivity index (χ2n) is 8.15. The van der Waals surface area contributed by atoms with E-state index in [0.717, 1.165) is 28.1 Å². The molecule has 1 atom stereocenters. The van der Waals surface area contributed by atoms with Crippen LogP contribution in [0.15, 0.2) is 48.5 Å². The molecule has 0 saturated carbocycles. The summed E-state index contributed by atoms with van der Waals surface area (Å²) in [5.41, 5.74) is 2.66. The molecule has 1 fully saturated rings. The van der Waals surface area contributed by atoms with Gasteiger partial charge in [0.25, 0.3) is 5.91 Å². The van der Waals surface area contributed by atoms with Crippen LogP contribution in [0.3, 0.4) is 0 Å². The predicted molar refractivity (Wildman–Crippen MR) is 111 cm³/mol. The standard InChI is InChI=1S/C23H25N3O3/c1-15(2)16-8-10-18(11-9-16)23(3)21(28)26(22(29)24-23)14-20(27)25-13-12-17-6-4-5-7-19(17)25/h4-11,15H,12-14H2,1-3H3,(H,24,29)/t23-/m0/s1. The number of anilines is 1. The van der Waals surface area contributed by atoms with E-state index in [4.69, 9.17) is 0 Å². The molecular formula is C23H25N3O3. The van der Waals surface area contributed by atoms with Crippen LogP contribution in [0.4, 0.5) is 10.5 Å². The summed E-state index contributed by atoms with van der Waals surface area (Å²) in [6, 6.07) is 14.9. The van der Waals surface area contributed by atoms with Gasteiger partial charge < -0.3 is 10.2 Å². The van der Waals surface area contributed by atoms with E-state index in [1.165, 1.54) is 0 Å². The molecule has 0 bridgehead atoms. The van der Waals surface area contributed by atoms with Crippen LogP contribution >= 0.6 is 0 Å². The number of para-hydroxylation sites is 1. The Morgan fingerprint density at radius 1 is 1.10 bits per heavy atom. The van der Waals surface area contributed by atoms with Crippen molar-refractivity contribution in [3.8, 4) is 0 Å². The smallest absolute Gasteiger partial charge is 0.319 e. The van der Waals surface area contributed by atoms with Crippen LogP contribution in [-0.2, 0) is 21.5 Å². The summed E-state index contributed by atoms with van der Waals surface area (Å²) in [4.78, 5) is 41.3. The molecule has 0 aromatic heterocycles. The van der Waals surface area contributed by atoms with Crippen LogP contribution in [0.2, 0.25) is 0 Å². The highest BCUT2D eigenvalue weighted by Crippen LogP contribution is 2.31. The Morgan fingerprint density at radius 2 is 1.79 bits per heavy atom. The number of benzene rings is 2. The van der Waals surface area contributed by atoms with E-state index in [0.29, 0.717) is 18.0 Å². The van der Waals surface area contributed by atoms with Crippen LogP contribution in [-0.4, -0.2) is 35.8 Å². The quantitative estimate of drug-likeness (QED) is 0.814. The van der Waals surface area contributed by atoms with Gasteiger partial charge in [-0.05, 0) is 42.0 Å². The van der Waals surface area contributed by atoms with Gasteiger partial charge >= 0.3 is 6.03 Å². The highest BCUT2D eigenvalue weighted by atomic mass is 16.2. The lowest BCUT2D eigenvalue weighted by molar-refractivity contribution is -0.134. The molecule has 1 N–H and O–H groups in total. The first-order valence-electron chi connectivity index (χ1n) is 9.94. The number of hydrogen-bond acceptors (Lipinski definition) is 3. The molecule has 2 heterocycles. The maximum atomic E-state index is 13.1. The Labute approximate surface area is 170 Å². The van der Waals surface area contributed by atoms with Crippen LogP contribution in [0.25, 0.3) is 0 Å². The minimum atomic E-state index is -1.17. The Balaban J connectivity index is 1.53. The number of hydrogen-bond donors (Lipinski definition) is 1. The average Bonchev–Trinajstić information content (AvgIpc) is 3.23. The van der Waals surface area contributed by atoms with Gasteiger partial charge in [0, 0.05) is 12.2 Å². The van der Waals surface area contributed by atoms with Crippen molar-refractivity contribution < 1.29 is 14.4 Å². The van der Waals surface area contributed by atoms with Gasteiger partial charge in [0.1, 0.15) is 12.1 Å². The number of amides is 4. The number of carbonyl (C=O) groups is 3. The van der Waals surface area contributed by atoms with E-state index in [-0.39, 0.29) is 12.5 Å². The number of urea groups is 1. The molecule has 6 nitrogen and oxygen atoms in total. The summed E-state index contributed by atoms with van der Waals surface area (Å²) in [5, 5.41) is 2.78. The number of nitrogens with one attached hydrogen (secondary N) is 1. The first-order valence-corrected chi connectivity index (χ1v) is 9.94. The van der Waals surface area contributed by atoms with Gasteiger partial charge in [-0.3, -0.25) is 14.5 Å². The Hall–Kier alpha value is -3.15. The summed E-state index contributed by atoms with van der Waals surface area (Å²) >= 11 is 0. The largest absolute Gasteiger partial charge is 0.325 e. The molecule has 0 unspecified atom stereocenters. The second kappa shape index (κ2) is 7.03. The molecule has 2 aromatic rings. The Kier molecular flexibility index (Phi) is 4.65. The zero-order valence-electron chi connectivity index (χ0n) is 16.9. The molecule has 1 saturated heterocycles. The number of carbonyl (C=O) groups excluding carboxylic acids is 3. The summed E-state index contributed by atoms with van der Waals surface area (Å²) < 4.78 is 0. The van der Waals surface area contributed by atoms with Crippen LogP contribution in [0.1, 0.15) is 43.4 Å². The van der Waals surface area contributed by atoms with Gasteiger partial charge in [-0.15, -0.1) is 0 Å². The Morgan fingerprint density at radius 3 is 2.48 bits per heavy atom. The van der Waals surface area contributed by atoms with E-state index >= 15 is 0 Å². The molecule has 6 heteroatoms. The van der Waals surface area contributed by atoms with Crippen molar-refractivity contribution in [2.24, 2.45) is 0 Å². The third-order valence-electron chi connectivity index (χ3n) is 5.91.